The van der Waals surface area contributed by atoms with Crippen molar-refractivity contribution in [2.75, 3.05) is 7.11 Å². The minimum absolute atomic E-state index is 0.00291. The van der Waals surface area contributed by atoms with Crippen molar-refractivity contribution >= 4 is 11.6 Å². The summed E-state index contributed by atoms with van der Waals surface area (Å²) >= 11 is 5.60. The monoisotopic (exact) mass is 255 g/mol. The highest BCUT2D eigenvalue weighted by Crippen LogP contribution is 2.36. The molecule has 1 heterocycles. The number of aryl methyl sites for hydroxylation is 1. The van der Waals surface area contributed by atoms with Crippen molar-refractivity contribution in [2.45, 2.75) is 19.2 Å². The zero-order chi connectivity index (χ0) is 12.3. The van der Waals surface area contributed by atoms with Crippen LogP contribution in [0.5, 0.6) is 11.5 Å². The third-order valence-corrected chi connectivity index (χ3v) is 2.14. The van der Waals surface area contributed by atoms with Gasteiger partial charge in [0, 0.05) is 11.3 Å². The van der Waals surface area contributed by atoms with Gasteiger partial charge in [-0.15, -0.1) is 24.8 Å². The number of methoxy groups -OCH3 is 1. The van der Waals surface area contributed by atoms with Gasteiger partial charge in [0.25, 0.3) is 0 Å². The molecule has 0 N–H and O–H groups in total. The first kappa shape index (κ1) is 12.9. The summed E-state index contributed by atoms with van der Waals surface area (Å²) in [5, 5.41) is 0. The van der Waals surface area contributed by atoms with Crippen molar-refractivity contribution in [1.82, 2.24) is 4.98 Å². The molecule has 0 radical (unpaired) electrons. The van der Waals surface area contributed by atoms with Crippen molar-refractivity contribution in [1.29, 1.82) is 0 Å². The average Bonchev–Trinajstić information content (AvgIpc) is 2.18. The van der Waals surface area contributed by atoms with Gasteiger partial charge in [0.1, 0.15) is 0 Å². The van der Waals surface area contributed by atoms with E-state index in [0.29, 0.717) is 11.3 Å². The Balaban J connectivity index is 3.19. The fraction of sp³-hybridized carbons (Fsp3) is 0.444. The van der Waals surface area contributed by atoms with E-state index in [-0.39, 0.29) is 11.6 Å². The Hall–Kier alpha value is -1.17. The molecule has 1 aromatic rings. The van der Waals surface area contributed by atoms with E-state index in [1.807, 2.05) is 0 Å². The van der Waals surface area contributed by atoms with E-state index in [1.54, 1.807) is 6.92 Å². The Kier molecular flexibility index (Phi) is 3.85. The average molecular weight is 256 g/mol. The molecule has 7 heteroatoms. The number of rotatable bonds is 3. The second-order valence-electron chi connectivity index (χ2n) is 2.90. The highest BCUT2D eigenvalue weighted by molar-refractivity contribution is 6.17. The quantitative estimate of drug-likeness (QED) is 0.778. The van der Waals surface area contributed by atoms with Crippen molar-refractivity contribution in [3.05, 3.63) is 17.5 Å². The van der Waals surface area contributed by atoms with E-state index in [4.69, 9.17) is 16.3 Å². The second kappa shape index (κ2) is 4.78. The first-order chi connectivity index (χ1) is 7.39. The van der Waals surface area contributed by atoms with Crippen LogP contribution in [0.1, 0.15) is 11.3 Å². The van der Waals surface area contributed by atoms with Gasteiger partial charge < -0.3 is 9.47 Å². The number of pyridine rings is 1. The Morgan fingerprint density at radius 1 is 1.44 bits per heavy atom. The van der Waals surface area contributed by atoms with Crippen LogP contribution in [-0.2, 0) is 5.88 Å². The van der Waals surface area contributed by atoms with Gasteiger partial charge in [-0.2, -0.15) is 0 Å². The molecule has 1 rings (SSSR count). The summed E-state index contributed by atoms with van der Waals surface area (Å²) in [4.78, 5) is 3.75. The van der Waals surface area contributed by atoms with E-state index in [0.717, 1.165) is 6.20 Å². The number of ether oxygens (including phenoxy) is 2. The van der Waals surface area contributed by atoms with Crippen LogP contribution in [0.3, 0.4) is 0 Å². The van der Waals surface area contributed by atoms with E-state index in [1.165, 1.54) is 7.11 Å². The number of hydrogen-bond acceptors (Lipinski definition) is 3. The second-order valence-corrected chi connectivity index (χ2v) is 3.17. The summed E-state index contributed by atoms with van der Waals surface area (Å²) in [6, 6.07) is 0. The van der Waals surface area contributed by atoms with Crippen LogP contribution in [0.15, 0.2) is 6.20 Å². The molecule has 3 nitrogen and oxygen atoms in total. The van der Waals surface area contributed by atoms with Crippen LogP contribution in [0.2, 0.25) is 0 Å². The summed E-state index contributed by atoms with van der Waals surface area (Å²) in [7, 11) is 1.24. The predicted molar refractivity (Wildman–Crippen MR) is 51.8 cm³/mol. The van der Waals surface area contributed by atoms with Crippen LogP contribution < -0.4 is 9.47 Å². The highest BCUT2D eigenvalue weighted by Gasteiger charge is 2.33. The fourth-order valence-electron chi connectivity index (χ4n) is 1.18. The van der Waals surface area contributed by atoms with Gasteiger partial charge in [0.2, 0.25) is 0 Å². The lowest BCUT2D eigenvalue weighted by atomic mass is 10.2. The third-order valence-electron chi connectivity index (χ3n) is 1.87. The number of aromatic nitrogens is 1. The molecule has 0 aromatic carbocycles. The molecule has 0 saturated heterocycles. The van der Waals surface area contributed by atoms with Gasteiger partial charge in [-0.3, -0.25) is 4.98 Å². The van der Waals surface area contributed by atoms with Crippen molar-refractivity contribution in [3.63, 3.8) is 0 Å². The Labute approximate surface area is 95.1 Å². The van der Waals surface area contributed by atoms with Gasteiger partial charge in [0.05, 0.1) is 19.2 Å². The zero-order valence-corrected chi connectivity index (χ0v) is 9.32. The highest BCUT2D eigenvalue weighted by atomic mass is 35.5. The van der Waals surface area contributed by atoms with Crippen LogP contribution in [0, 0.1) is 6.92 Å². The smallest absolute Gasteiger partial charge is 0.492 e. The van der Waals surface area contributed by atoms with Crippen molar-refractivity contribution in [2.24, 2.45) is 0 Å². The molecule has 1 aromatic heterocycles. The summed E-state index contributed by atoms with van der Waals surface area (Å²) in [5.41, 5.74) is 0.882. The molecule has 0 unspecified atom stereocenters. The van der Waals surface area contributed by atoms with Gasteiger partial charge in [-0.1, -0.05) is 0 Å². The number of hydrogen-bond donors (Lipinski definition) is 0. The van der Waals surface area contributed by atoms with Gasteiger partial charge in [0.15, 0.2) is 11.5 Å². The van der Waals surface area contributed by atoms with Crippen LogP contribution in [0.25, 0.3) is 0 Å². The van der Waals surface area contributed by atoms with Gasteiger partial charge in [-0.25, -0.2) is 0 Å². The molecular weight excluding hydrogens is 247 g/mol. The summed E-state index contributed by atoms with van der Waals surface area (Å²) < 4.78 is 44.8. The van der Waals surface area contributed by atoms with Crippen molar-refractivity contribution in [3.8, 4) is 11.5 Å². The van der Waals surface area contributed by atoms with Crippen molar-refractivity contribution < 1.29 is 22.6 Å². The van der Waals surface area contributed by atoms with E-state index < -0.39 is 12.1 Å². The molecule has 0 amide bonds. The molecule has 0 aliphatic carbocycles. The first-order valence-electron chi connectivity index (χ1n) is 4.23. The molecule has 90 valence electrons. The Morgan fingerprint density at radius 3 is 2.50 bits per heavy atom. The maximum Gasteiger partial charge on any atom is 0.573 e. The standard InChI is InChI=1S/C9H9ClF3NO2/c1-5-6(3-10)8(15-2)7(4-14-5)16-9(11,12)13/h4H,3H2,1-2H3. The molecule has 0 aliphatic heterocycles. The normalized spacial score (nSPS) is 11.4. The van der Waals surface area contributed by atoms with E-state index in [2.05, 4.69) is 9.72 Å². The summed E-state index contributed by atoms with van der Waals surface area (Å²) in [5.74, 6) is -0.534. The van der Waals surface area contributed by atoms with E-state index >= 15 is 0 Å². The number of alkyl halides is 4. The maximum absolute atomic E-state index is 12.1. The Morgan fingerprint density at radius 2 is 2.06 bits per heavy atom. The summed E-state index contributed by atoms with van der Waals surface area (Å²) in [6.07, 6.45) is -3.83. The fourth-order valence-corrected chi connectivity index (χ4v) is 1.50. The molecule has 0 saturated carbocycles. The lowest BCUT2D eigenvalue weighted by Gasteiger charge is -2.15. The van der Waals surface area contributed by atoms with Crippen LogP contribution in [0.4, 0.5) is 13.2 Å². The van der Waals surface area contributed by atoms with Gasteiger partial charge >= 0.3 is 6.36 Å². The molecule has 0 fully saturated rings. The molecule has 0 bridgehead atoms. The topological polar surface area (TPSA) is 31.4 Å². The first-order valence-corrected chi connectivity index (χ1v) is 4.76. The molecule has 0 spiro atoms. The largest absolute Gasteiger partial charge is 0.573 e. The van der Waals surface area contributed by atoms with Crippen LogP contribution in [-0.4, -0.2) is 18.5 Å². The SMILES string of the molecule is COc1c(OC(F)(F)F)cnc(C)c1CCl. The van der Waals surface area contributed by atoms with Gasteiger partial charge in [-0.05, 0) is 6.92 Å². The minimum atomic E-state index is -4.78. The van der Waals surface area contributed by atoms with E-state index in [9.17, 15) is 13.2 Å². The Bertz CT molecular complexity index is 382. The number of halogens is 4. The minimum Gasteiger partial charge on any atom is -0.492 e. The molecular formula is C9H9ClF3NO2. The summed E-state index contributed by atoms with van der Waals surface area (Å²) in [6.45, 7) is 1.62. The number of nitrogens with zero attached hydrogens (tertiary/aromatic N) is 1. The predicted octanol–water partition coefficient (Wildman–Crippen LogP) is 3.04. The lowest BCUT2D eigenvalue weighted by molar-refractivity contribution is -0.275. The molecule has 16 heavy (non-hydrogen) atoms. The third kappa shape index (κ3) is 2.91. The zero-order valence-electron chi connectivity index (χ0n) is 8.56. The maximum atomic E-state index is 12.1. The van der Waals surface area contributed by atoms with Crippen LogP contribution >= 0.6 is 11.6 Å². The molecule has 0 atom stereocenters. The lowest BCUT2D eigenvalue weighted by Crippen LogP contribution is -2.18. The molecule has 0 aliphatic rings.